The molecule has 29 heavy (non-hydrogen) atoms. The van der Waals surface area contributed by atoms with Crippen LogP contribution in [0.4, 0.5) is 20.7 Å². The third kappa shape index (κ3) is 5.13. The topological polar surface area (TPSA) is 114 Å². The maximum atomic E-state index is 14.0. The van der Waals surface area contributed by atoms with Crippen LogP contribution in [0.2, 0.25) is 0 Å². The molecule has 1 aliphatic rings. The van der Waals surface area contributed by atoms with Crippen molar-refractivity contribution in [3.8, 4) is 11.6 Å². The standard InChI is InChI=1S/C18H21FN6O4/c1-23(2)10-13-4-3-7-24(13)18(26)22-16-9-17(21-11-20-16)29-15-6-5-12(25(27)28)8-14(15)19/h5-6,8-9,11,13H,3-4,7,10H2,1-2H3,(H,20,21,22,26)/t13-/m1/s1. The molecule has 0 spiro atoms. The Morgan fingerprint density at radius 2 is 2.21 bits per heavy atom. The number of nitro benzene ring substituents is 1. The Morgan fingerprint density at radius 1 is 1.41 bits per heavy atom. The number of benzene rings is 1. The van der Waals surface area contributed by atoms with Gasteiger partial charge in [-0.1, -0.05) is 0 Å². The molecule has 10 nitrogen and oxygen atoms in total. The van der Waals surface area contributed by atoms with Crippen LogP contribution in [0.3, 0.4) is 0 Å². The first-order chi connectivity index (χ1) is 13.8. The predicted octanol–water partition coefficient (Wildman–Crippen LogP) is 2.87. The lowest BCUT2D eigenvalue weighted by Gasteiger charge is -2.27. The number of non-ortho nitro benzene ring substituents is 1. The van der Waals surface area contributed by atoms with Crippen molar-refractivity contribution in [1.29, 1.82) is 0 Å². The average molecular weight is 404 g/mol. The van der Waals surface area contributed by atoms with Crippen LogP contribution in [0.15, 0.2) is 30.6 Å². The lowest BCUT2D eigenvalue weighted by atomic mass is 10.2. The minimum Gasteiger partial charge on any atom is -0.436 e. The zero-order chi connectivity index (χ0) is 21.0. The highest BCUT2D eigenvalue weighted by atomic mass is 19.1. The predicted molar refractivity (Wildman–Crippen MR) is 102 cm³/mol. The lowest BCUT2D eigenvalue weighted by molar-refractivity contribution is -0.385. The SMILES string of the molecule is CN(C)C[C@H]1CCCN1C(=O)Nc1cc(Oc2ccc([N+](=O)[O-])cc2F)ncn1. The highest BCUT2D eigenvalue weighted by molar-refractivity contribution is 5.88. The van der Waals surface area contributed by atoms with Crippen LogP contribution in [0, 0.1) is 15.9 Å². The van der Waals surface area contributed by atoms with E-state index in [0.29, 0.717) is 6.54 Å². The van der Waals surface area contributed by atoms with Gasteiger partial charge < -0.3 is 14.5 Å². The number of amides is 2. The number of anilines is 1. The molecule has 1 N–H and O–H groups in total. The summed E-state index contributed by atoms with van der Waals surface area (Å²) >= 11 is 0. The number of hydrogen-bond acceptors (Lipinski definition) is 7. The van der Waals surface area contributed by atoms with Gasteiger partial charge in [-0.25, -0.2) is 19.2 Å². The molecule has 0 bridgehead atoms. The van der Waals surface area contributed by atoms with E-state index in [1.54, 1.807) is 4.90 Å². The summed E-state index contributed by atoms with van der Waals surface area (Å²) in [5.41, 5.74) is -0.386. The van der Waals surface area contributed by atoms with Crippen molar-refractivity contribution in [1.82, 2.24) is 19.8 Å². The molecule has 1 atom stereocenters. The average Bonchev–Trinajstić information content (AvgIpc) is 3.11. The molecule has 0 saturated carbocycles. The number of likely N-dealkylation sites (tertiary alicyclic amines) is 1. The first-order valence-electron chi connectivity index (χ1n) is 8.99. The van der Waals surface area contributed by atoms with Gasteiger partial charge in [0.05, 0.1) is 11.0 Å². The highest BCUT2D eigenvalue weighted by Crippen LogP contribution is 2.27. The second kappa shape index (κ2) is 8.78. The number of nitrogens with zero attached hydrogens (tertiary/aromatic N) is 5. The second-order valence-electron chi connectivity index (χ2n) is 6.90. The number of nitrogens with one attached hydrogen (secondary N) is 1. The number of nitro groups is 1. The van der Waals surface area contributed by atoms with Gasteiger partial charge in [-0.3, -0.25) is 15.4 Å². The second-order valence-corrected chi connectivity index (χ2v) is 6.90. The van der Waals surface area contributed by atoms with Crippen LogP contribution < -0.4 is 10.1 Å². The minimum absolute atomic E-state index is 0.00526. The molecule has 2 heterocycles. The summed E-state index contributed by atoms with van der Waals surface area (Å²) in [5, 5.41) is 13.4. The number of likely N-dealkylation sites (N-methyl/N-ethyl adjacent to an activating group) is 1. The van der Waals surface area contributed by atoms with Crippen LogP contribution in [0.25, 0.3) is 0 Å². The maximum absolute atomic E-state index is 14.0. The van der Waals surface area contributed by atoms with Crippen molar-refractivity contribution in [2.75, 3.05) is 32.5 Å². The molecule has 1 aromatic heterocycles. The van der Waals surface area contributed by atoms with E-state index in [1.165, 1.54) is 12.4 Å². The highest BCUT2D eigenvalue weighted by Gasteiger charge is 2.29. The normalized spacial score (nSPS) is 16.1. The molecule has 3 rings (SSSR count). The lowest BCUT2D eigenvalue weighted by Crippen LogP contribution is -2.43. The summed E-state index contributed by atoms with van der Waals surface area (Å²) in [6, 6.07) is 4.23. The van der Waals surface area contributed by atoms with Crippen LogP contribution in [0.5, 0.6) is 11.6 Å². The number of aromatic nitrogens is 2. The quantitative estimate of drug-likeness (QED) is 0.582. The zero-order valence-electron chi connectivity index (χ0n) is 16.0. The maximum Gasteiger partial charge on any atom is 0.323 e. The minimum atomic E-state index is -0.896. The van der Waals surface area contributed by atoms with E-state index in [2.05, 4.69) is 15.3 Å². The van der Waals surface area contributed by atoms with Gasteiger partial charge in [-0.05, 0) is 33.0 Å². The van der Waals surface area contributed by atoms with Gasteiger partial charge in [-0.15, -0.1) is 0 Å². The van der Waals surface area contributed by atoms with Crippen molar-refractivity contribution in [2.24, 2.45) is 0 Å². The van der Waals surface area contributed by atoms with E-state index in [1.807, 2.05) is 19.0 Å². The number of carbonyl (C=O) groups excluding carboxylic acids is 1. The molecule has 1 saturated heterocycles. The molecule has 0 aliphatic carbocycles. The third-order valence-electron chi connectivity index (χ3n) is 4.43. The fourth-order valence-electron chi connectivity index (χ4n) is 3.16. The summed E-state index contributed by atoms with van der Waals surface area (Å²) in [6.45, 7) is 1.43. The van der Waals surface area contributed by atoms with Crippen LogP contribution in [-0.4, -0.2) is 63.9 Å². The van der Waals surface area contributed by atoms with E-state index in [-0.39, 0.29) is 35.2 Å². The molecule has 2 aromatic rings. The smallest absolute Gasteiger partial charge is 0.323 e. The van der Waals surface area contributed by atoms with E-state index in [4.69, 9.17) is 4.74 Å². The molecule has 11 heteroatoms. The van der Waals surface area contributed by atoms with Crippen molar-refractivity contribution in [3.05, 3.63) is 46.5 Å². The van der Waals surface area contributed by atoms with Crippen LogP contribution in [-0.2, 0) is 0 Å². The zero-order valence-corrected chi connectivity index (χ0v) is 16.0. The van der Waals surface area contributed by atoms with E-state index in [9.17, 15) is 19.3 Å². The summed E-state index contributed by atoms with van der Waals surface area (Å²) in [6.07, 6.45) is 3.04. The molecule has 1 fully saturated rings. The number of halogens is 1. The largest absolute Gasteiger partial charge is 0.436 e. The molecular weight excluding hydrogens is 383 g/mol. The Hall–Kier alpha value is -3.34. The Kier molecular flexibility index (Phi) is 6.17. The van der Waals surface area contributed by atoms with Crippen LogP contribution >= 0.6 is 0 Å². The van der Waals surface area contributed by atoms with Gasteiger partial charge in [-0.2, -0.15) is 0 Å². The number of hydrogen-bond donors (Lipinski definition) is 1. The van der Waals surface area contributed by atoms with E-state index in [0.717, 1.165) is 37.6 Å². The Morgan fingerprint density at radius 3 is 2.90 bits per heavy atom. The van der Waals surface area contributed by atoms with E-state index < -0.39 is 10.7 Å². The van der Waals surface area contributed by atoms with Gasteiger partial charge in [0.25, 0.3) is 5.69 Å². The first kappa shape index (κ1) is 20.4. The van der Waals surface area contributed by atoms with Crippen LogP contribution in [0.1, 0.15) is 12.8 Å². The van der Waals surface area contributed by atoms with Crippen molar-refractivity contribution >= 4 is 17.5 Å². The van der Waals surface area contributed by atoms with Gasteiger partial charge in [0.15, 0.2) is 11.6 Å². The Labute approximate surface area is 166 Å². The molecule has 0 radical (unpaired) electrons. The molecular formula is C18H21FN6O4. The third-order valence-corrected chi connectivity index (χ3v) is 4.43. The Bertz CT molecular complexity index is 910. The van der Waals surface area contributed by atoms with Gasteiger partial charge in [0.2, 0.25) is 5.88 Å². The molecule has 1 aromatic carbocycles. The number of carbonyl (C=O) groups is 1. The Balaban J connectivity index is 1.68. The van der Waals surface area contributed by atoms with Gasteiger partial charge >= 0.3 is 6.03 Å². The number of rotatable bonds is 6. The van der Waals surface area contributed by atoms with E-state index >= 15 is 0 Å². The van der Waals surface area contributed by atoms with Crippen molar-refractivity contribution in [2.45, 2.75) is 18.9 Å². The molecule has 0 unspecified atom stereocenters. The summed E-state index contributed by atoms with van der Waals surface area (Å²) in [5.74, 6) is -0.920. The number of ether oxygens (including phenoxy) is 1. The molecule has 1 aliphatic heterocycles. The summed E-state index contributed by atoms with van der Waals surface area (Å²) < 4.78 is 19.4. The fraction of sp³-hybridized carbons (Fsp3) is 0.389. The van der Waals surface area contributed by atoms with Gasteiger partial charge in [0, 0.05) is 31.3 Å². The van der Waals surface area contributed by atoms with Gasteiger partial charge in [0.1, 0.15) is 12.1 Å². The van der Waals surface area contributed by atoms with Crippen molar-refractivity contribution in [3.63, 3.8) is 0 Å². The molecule has 2 amide bonds. The molecule has 154 valence electrons. The summed E-state index contributed by atoms with van der Waals surface area (Å²) in [7, 11) is 3.92. The first-order valence-corrected chi connectivity index (χ1v) is 8.99. The fourth-order valence-corrected chi connectivity index (χ4v) is 3.16. The monoisotopic (exact) mass is 404 g/mol. The van der Waals surface area contributed by atoms with Crippen molar-refractivity contribution < 1.29 is 18.8 Å². The summed E-state index contributed by atoms with van der Waals surface area (Å²) in [4.78, 5) is 34.3. The number of urea groups is 1.